The standard InChI is InChI=1S/C21H31NO4/c1-5-6-14-25-20-16-18(2)21(19(3)17-20)26-15-10-9-13-24-12-8-7-11-22-23-4/h5-6,9-11,16-17H,7-8,12-15H2,1-4H3/b6-5+,10-9+,22-11+. The Morgan fingerprint density at radius 1 is 0.962 bits per heavy atom. The molecule has 0 aromatic heterocycles. The molecule has 0 unspecified atom stereocenters. The highest BCUT2D eigenvalue weighted by Crippen LogP contribution is 2.28. The molecule has 0 saturated carbocycles. The monoisotopic (exact) mass is 361 g/mol. The maximum absolute atomic E-state index is 5.88. The Balaban J connectivity index is 2.28. The summed E-state index contributed by atoms with van der Waals surface area (Å²) < 4.78 is 17.1. The van der Waals surface area contributed by atoms with Gasteiger partial charge in [0.05, 0.1) is 6.61 Å². The minimum absolute atomic E-state index is 0.518. The van der Waals surface area contributed by atoms with E-state index in [4.69, 9.17) is 14.2 Å². The molecule has 0 aliphatic rings. The van der Waals surface area contributed by atoms with E-state index in [0.29, 0.717) is 26.4 Å². The van der Waals surface area contributed by atoms with Crippen molar-refractivity contribution in [2.45, 2.75) is 33.6 Å². The van der Waals surface area contributed by atoms with Gasteiger partial charge in [-0.3, -0.25) is 0 Å². The van der Waals surface area contributed by atoms with Gasteiger partial charge in [0, 0.05) is 12.8 Å². The third-order valence-electron chi connectivity index (χ3n) is 3.52. The van der Waals surface area contributed by atoms with Crippen LogP contribution in [0.1, 0.15) is 30.9 Å². The Hall–Kier alpha value is -2.27. The average molecular weight is 361 g/mol. The van der Waals surface area contributed by atoms with E-state index < -0.39 is 0 Å². The number of ether oxygens (including phenoxy) is 3. The van der Waals surface area contributed by atoms with Crippen LogP contribution in [0.2, 0.25) is 0 Å². The predicted octanol–water partition coefficient (Wildman–Crippen LogP) is 4.62. The zero-order valence-corrected chi connectivity index (χ0v) is 16.4. The molecule has 26 heavy (non-hydrogen) atoms. The molecule has 0 aliphatic heterocycles. The van der Waals surface area contributed by atoms with Crippen LogP contribution in [0, 0.1) is 13.8 Å². The van der Waals surface area contributed by atoms with E-state index in [-0.39, 0.29) is 0 Å². The first-order valence-corrected chi connectivity index (χ1v) is 8.94. The molecule has 5 nitrogen and oxygen atoms in total. The lowest BCUT2D eigenvalue weighted by atomic mass is 10.1. The van der Waals surface area contributed by atoms with Crippen molar-refractivity contribution in [3.63, 3.8) is 0 Å². The van der Waals surface area contributed by atoms with Gasteiger partial charge in [-0.1, -0.05) is 23.4 Å². The van der Waals surface area contributed by atoms with Crippen molar-refractivity contribution < 1.29 is 19.0 Å². The fourth-order valence-corrected chi connectivity index (χ4v) is 2.28. The molecule has 0 saturated heterocycles. The minimum Gasteiger partial charge on any atom is -0.490 e. The van der Waals surface area contributed by atoms with Gasteiger partial charge in [-0.05, 0) is 62.9 Å². The molecule has 0 bridgehead atoms. The number of hydrogen-bond donors (Lipinski definition) is 0. The summed E-state index contributed by atoms with van der Waals surface area (Å²) >= 11 is 0. The predicted molar refractivity (Wildman–Crippen MR) is 106 cm³/mol. The maximum atomic E-state index is 5.88. The summed E-state index contributed by atoms with van der Waals surface area (Å²) in [4.78, 5) is 4.59. The molecule has 0 atom stereocenters. The molecule has 0 N–H and O–H groups in total. The molecule has 0 radical (unpaired) electrons. The van der Waals surface area contributed by atoms with Crippen molar-refractivity contribution in [2.24, 2.45) is 5.16 Å². The van der Waals surface area contributed by atoms with Crippen LogP contribution in [0.4, 0.5) is 0 Å². The summed E-state index contributed by atoms with van der Waals surface area (Å²) in [5.74, 6) is 1.77. The van der Waals surface area contributed by atoms with E-state index in [1.54, 1.807) is 6.21 Å². The topological polar surface area (TPSA) is 49.3 Å². The summed E-state index contributed by atoms with van der Waals surface area (Å²) in [5.41, 5.74) is 2.14. The zero-order chi connectivity index (χ0) is 19.0. The lowest BCUT2D eigenvalue weighted by Crippen LogP contribution is -2.01. The third-order valence-corrected chi connectivity index (χ3v) is 3.52. The van der Waals surface area contributed by atoms with Gasteiger partial charge in [0.1, 0.15) is 31.8 Å². The zero-order valence-electron chi connectivity index (χ0n) is 16.4. The number of benzene rings is 1. The fraction of sp³-hybridized carbons (Fsp3) is 0.476. The van der Waals surface area contributed by atoms with E-state index in [1.165, 1.54) is 7.11 Å². The van der Waals surface area contributed by atoms with Crippen LogP contribution < -0.4 is 9.47 Å². The summed E-state index contributed by atoms with van der Waals surface area (Å²) in [5, 5.41) is 3.68. The second-order valence-corrected chi connectivity index (χ2v) is 5.74. The van der Waals surface area contributed by atoms with Crippen LogP contribution in [0.15, 0.2) is 41.6 Å². The molecule has 144 valence electrons. The number of allylic oxidation sites excluding steroid dienone is 1. The average Bonchev–Trinajstić information content (AvgIpc) is 2.62. The summed E-state index contributed by atoms with van der Waals surface area (Å²) in [6, 6.07) is 4.01. The number of aryl methyl sites for hydroxylation is 2. The van der Waals surface area contributed by atoms with Gasteiger partial charge in [0.25, 0.3) is 0 Å². The first kappa shape index (κ1) is 21.8. The van der Waals surface area contributed by atoms with Crippen LogP contribution >= 0.6 is 0 Å². The van der Waals surface area contributed by atoms with Gasteiger partial charge in [-0.25, -0.2) is 0 Å². The van der Waals surface area contributed by atoms with Crippen LogP contribution in [0.5, 0.6) is 11.5 Å². The highest BCUT2D eigenvalue weighted by molar-refractivity contribution is 5.56. The molecule has 0 amide bonds. The fourth-order valence-electron chi connectivity index (χ4n) is 2.28. The molecular weight excluding hydrogens is 330 g/mol. The van der Waals surface area contributed by atoms with Gasteiger partial charge < -0.3 is 19.0 Å². The van der Waals surface area contributed by atoms with Crippen molar-refractivity contribution >= 4 is 6.21 Å². The molecule has 0 aliphatic carbocycles. The first-order valence-electron chi connectivity index (χ1n) is 8.94. The molecule has 0 fully saturated rings. The first-order chi connectivity index (χ1) is 12.7. The lowest BCUT2D eigenvalue weighted by Gasteiger charge is -2.13. The second kappa shape index (κ2) is 14.0. The smallest absolute Gasteiger partial charge is 0.125 e. The van der Waals surface area contributed by atoms with E-state index in [0.717, 1.165) is 35.5 Å². The molecule has 0 spiro atoms. The van der Waals surface area contributed by atoms with Crippen molar-refractivity contribution in [1.82, 2.24) is 0 Å². The quantitative estimate of drug-likeness (QED) is 0.223. The summed E-state index contributed by atoms with van der Waals surface area (Å²) in [6.07, 6.45) is 11.4. The molecule has 5 heteroatoms. The Morgan fingerprint density at radius 3 is 2.35 bits per heavy atom. The van der Waals surface area contributed by atoms with Gasteiger partial charge in [0.15, 0.2) is 0 Å². The third kappa shape index (κ3) is 9.28. The van der Waals surface area contributed by atoms with E-state index >= 15 is 0 Å². The van der Waals surface area contributed by atoms with E-state index in [1.807, 2.05) is 57.2 Å². The van der Waals surface area contributed by atoms with Crippen LogP contribution in [0.25, 0.3) is 0 Å². The van der Waals surface area contributed by atoms with Gasteiger partial charge in [-0.15, -0.1) is 0 Å². The Kier molecular flexibility index (Phi) is 11.7. The van der Waals surface area contributed by atoms with E-state index in [2.05, 4.69) is 9.99 Å². The highest BCUT2D eigenvalue weighted by atomic mass is 16.6. The number of oxime groups is 1. The second-order valence-electron chi connectivity index (χ2n) is 5.74. The molecular formula is C21H31NO4. The van der Waals surface area contributed by atoms with Gasteiger partial charge >= 0.3 is 0 Å². The number of nitrogens with zero attached hydrogens (tertiary/aromatic N) is 1. The number of rotatable bonds is 13. The number of hydrogen-bond acceptors (Lipinski definition) is 5. The largest absolute Gasteiger partial charge is 0.490 e. The number of unbranched alkanes of at least 4 members (excludes halogenated alkanes) is 1. The highest BCUT2D eigenvalue weighted by Gasteiger charge is 2.06. The van der Waals surface area contributed by atoms with E-state index in [9.17, 15) is 0 Å². The summed E-state index contributed by atoms with van der Waals surface area (Å²) in [7, 11) is 1.54. The van der Waals surface area contributed by atoms with Crippen molar-refractivity contribution in [1.29, 1.82) is 0 Å². The van der Waals surface area contributed by atoms with Crippen LogP contribution in [-0.2, 0) is 9.57 Å². The van der Waals surface area contributed by atoms with Crippen molar-refractivity contribution in [3.05, 3.63) is 47.6 Å². The molecule has 1 rings (SSSR count). The lowest BCUT2D eigenvalue weighted by molar-refractivity contribution is 0.160. The van der Waals surface area contributed by atoms with Crippen molar-refractivity contribution in [3.8, 4) is 11.5 Å². The molecule has 0 heterocycles. The Morgan fingerprint density at radius 2 is 1.65 bits per heavy atom. The van der Waals surface area contributed by atoms with Crippen molar-refractivity contribution in [2.75, 3.05) is 33.5 Å². The normalized spacial score (nSPS) is 11.7. The Bertz CT molecular complexity index is 571. The van der Waals surface area contributed by atoms with Gasteiger partial charge in [0.2, 0.25) is 0 Å². The van der Waals surface area contributed by atoms with Crippen LogP contribution in [0.3, 0.4) is 0 Å². The SMILES string of the molecule is C/C=C/COc1cc(C)c(OC/C=C/COCCC/C=N/OC)c(C)c1. The van der Waals surface area contributed by atoms with Gasteiger partial charge in [-0.2, -0.15) is 0 Å². The van der Waals surface area contributed by atoms with Crippen LogP contribution in [-0.4, -0.2) is 39.8 Å². The minimum atomic E-state index is 0.518. The Labute approximate surface area is 157 Å². The summed E-state index contributed by atoms with van der Waals surface area (Å²) in [6.45, 7) is 8.43. The molecule has 1 aromatic carbocycles. The molecule has 1 aromatic rings. The maximum Gasteiger partial charge on any atom is 0.125 e.